The SMILES string of the molecule is Cc1ccc(Cl)cc1C(=O)c1cnn(-c2ccccc2)c1. The van der Waals surface area contributed by atoms with Gasteiger partial charge in [0, 0.05) is 16.8 Å². The molecular weight excluding hydrogens is 284 g/mol. The van der Waals surface area contributed by atoms with Crippen molar-refractivity contribution in [1.29, 1.82) is 0 Å². The zero-order chi connectivity index (χ0) is 14.8. The van der Waals surface area contributed by atoms with Gasteiger partial charge in [0.05, 0.1) is 17.4 Å². The monoisotopic (exact) mass is 296 g/mol. The number of benzene rings is 2. The maximum atomic E-state index is 12.6. The van der Waals surface area contributed by atoms with Crippen LogP contribution in [-0.2, 0) is 0 Å². The summed E-state index contributed by atoms with van der Waals surface area (Å²) in [5.74, 6) is -0.0721. The normalized spacial score (nSPS) is 10.6. The number of carbonyl (C=O) groups excluding carboxylic acids is 1. The Kier molecular flexibility index (Phi) is 3.59. The number of hydrogen-bond donors (Lipinski definition) is 0. The molecule has 4 heteroatoms. The topological polar surface area (TPSA) is 34.9 Å². The van der Waals surface area contributed by atoms with Crippen LogP contribution in [0.3, 0.4) is 0 Å². The van der Waals surface area contributed by atoms with Crippen LogP contribution in [0.15, 0.2) is 60.9 Å². The summed E-state index contributed by atoms with van der Waals surface area (Å²) >= 11 is 5.98. The smallest absolute Gasteiger partial charge is 0.196 e. The minimum Gasteiger partial charge on any atom is -0.288 e. The van der Waals surface area contributed by atoms with E-state index >= 15 is 0 Å². The van der Waals surface area contributed by atoms with Gasteiger partial charge in [-0.3, -0.25) is 4.79 Å². The Balaban J connectivity index is 1.96. The second kappa shape index (κ2) is 5.54. The van der Waals surface area contributed by atoms with Gasteiger partial charge in [-0.15, -0.1) is 0 Å². The maximum absolute atomic E-state index is 12.6. The largest absolute Gasteiger partial charge is 0.288 e. The van der Waals surface area contributed by atoms with Crippen LogP contribution < -0.4 is 0 Å². The highest BCUT2D eigenvalue weighted by atomic mass is 35.5. The number of halogens is 1. The van der Waals surface area contributed by atoms with Crippen molar-refractivity contribution in [3.8, 4) is 5.69 Å². The number of hydrogen-bond acceptors (Lipinski definition) is 2. The molecule has 0 radical (unpaired) electrons. The third-order valence-corrected chi connectivity index (χ3v) is 3.54. The van der Waals surface area contributed by atoms with Gasteiger partial charge in [0.1, 0.15) is 0 Å². The molecule has 3 aromatic rings. The number of para-hydroxylation sites is 1. The minimum atomic E-state index is -0.0721. The van der Waals surface area contributed by atoms with E-state index in [2.05, 4.69) is 5.10 Å². The van der Waals surface area contributed by atoms with E-state index in [1.165, 1.54) is 0 Å². The van der Waals surface area contributed by atoms with Gasteiger partial charge in [-0.05, 0) is 36.8 Å². The Bertz CT molecular complexity index is 794. The lowest BCUT2D eigenvalue weighted by Gasteiger charge is -2.03. The molecule has 2 aromatic carbocycles. The molecule has 0 aliphatic heterocycles. The second-order valence-electron chi connectivity index (χ2n) is 4.80. The van der Waals surface area contributed by atoms with E-state index in [4.69, 9.17) is 11.6 Å². The molecule has 0 N–H and O–H groups in total. The number of ketones is 1. The van der Waals surface area contributed by atoms with Crippen molar-refractivity contribution in [2.45, 2.75) is 6.92 Å². The molecule has 0 saturated heterocycles. The first-order valence-electron chi connectivity index (χ1n) is 6.56. The van der Waals surface area contributed by atoms with Gasteiger partial charge in [-0.2, -0.15) is 5.10 Å². The van der Waals surface area contributed by atoms with Crippen molar-refractivity contribution in [3.05, 3.63) is 82.6 Å². The van der Waals surface area contributed by atoms with Crippen LogP contribution in [0, 0.1) is 6.92 Å². The highest BCUT2D eigenvalue weighted by Crippen LogP contribution is 2.19. The lowest BCUT2D eigenvalue weighted by Crippen LogP contribution is -2.02. The average Bonchev–Trinajstić information content (AvgIpc) is 3.00. The zero-order valence-electron chi connectivity index (χ0n) is 11.5. The van der Waals surface area contributed by atoms with Gasteiger partial charge in [0.25, 0.3) is 0 Å². The fourth-order valence-corrected chi connectivity index (χ4v) is 2.33. The van der Waals surface area contributed by atoms with E-state index in [-0.39, 0.29) is 5.78 Å². The molecule has 21 heavy (non-hydrogen) atoms. The number of rotatable bonds is 3. The zero-order valence-corrected chi connectivity index (χ0v) is 12.2. The molecule has 1 aromatic heterocycles. The Morgan fingerprint density at radius 2 is 1.90 bits per heavy atom. The summed E-state index contributed by atoms with van der Waals surface area (Å²) in [4.78, 5) is 12.6. The molecule has 0 atom stereocenters. The summed E-state index contributed by atoms with van der Waals surface area (Å²) in [6.45, 7) is 1.89. The standard InChI is InChI=1S/C17H13ClN2O/c1-12-7-8-14(18)9-16(12)17(21)13-10-19-20(11-13)15-5-3-2-4-6-15/h2-11H,1H3. The number of aromatic nitrogens is 2. The van der Waals surface area contributed by atoms with E-state index in [0.717, 1.165) is 11.3 Å². The number of nitrogens with zero attached hydrogens (tertiary/aromatic N) is 2. The highest BCUT2D eigenvalue weighted by Gasteiger charge is 2.14. The molecular formula is C17H13ClN2O. The fraction of sp³-hybridized carbons (Fsp3) is 0.0588. The van der Waals surface area contributed by atoms with Crippen molar-refractivity contribution in [1.82, 2.24) is 9.78 Å². The summed E-state index contributed by atoms with van der Waals surface area (Å²) in [7, 11) is 0. The lowest BCUT2D eigenvalue weighted by molar-refractivity contribution is 0.103. The van der Waals surface area contributed by atoms with Gasteiger partial charge in [0.2, 0.25) is 0 Å². The molecule has 0 amide bonds. The Morgan fingerprint density at radius 3 is 2.67 bits per heavy atom. The van der Waals surface area contributed by atoms with E-state index < -0.39 is 0 Å². The van der Waals surface area contributed by atoms with Gasteiger partial charge in [-0.1, -0.05) is 35.9 Å². The number of aryl methyl sites for hydroxylation is 1. The third-order valence-electron chi connectivity index (χ3n) is 3.31. The van der Waals surface area contributed by atoms with Gasteiger partial charge >= 0.3 is 0 Å². The predicted molar refractivity (Wildman–Crippen MR) is 83.2 cm³/mol. The van der Waals surface area contributed by atoms with Crippen molar-refractivity contribution in [2.75, 3.05) is 0 Å². The molecule has 0 unspecified atom stereocenters. The van der Waals surface area contributed by atoms with Gasteiger partial charge < -0.3 is 0 Å². The molecule has 0 saturated carbocycles. The van der Waals surface area contributed by atoms with Crippen LogP contribution in [0.25, 0.3) is 5.69 Å². The van der Waals surface area contributed by atoms with Crippen molar-refractivity contribution in [3.63, 3.8) is 0 Å². The molecule has 0 aliphatic rings. The van der Waals surface area contributed by atoms with Crippen LogP contribution in [0.2, 0.25) is 5.02 Å². The molecule has 0 bridgehead atoms. The summed E-state index contributed by atoms with van der Waals surface area (Å²) in [5.41, 5.74) is 2.97. The van der Waals surface area contributed by atoms with Crippen LogP contribution >= 0.6 is 11.6 Å². The average molecular weight is 297 g/mol. The number of carbonyl (C=O) groups is 1. The summed E-state index contributed by atoms with van der Waals surface area (Å²) in [5, 5.41) is 4.80. The molecule has 104 valence electrons. The first-order valence-corrected chi connectivity index (χ1v) is 6.94. The molecule has 0 aliphatic carbocycles. The fourth-order valence-electron chi connectivity index (χ4n) is 2.16. The molecule has 0 fully saturated rings. The molecule has 3 nitrogen and oxygen atoms in total. The quantitative estimate of drug-likeness (QED) is 0.683. The Hall–Kier alpha value is -2.39. The predicted octanol–water partition coefficient (Wildman–Crippen LogP) is 4.07. The first kappa shape index (κ1) is 13.6. The van der Waals surface area contributed by atoms with Crippen LogP contribution in [-0.4, -0.2) is 15.6 Å². The van der Waals surface area contributed by atoms with Crippen LogP contribution in [0.5, 0.6) is 0 Å². The van der Waals surface area contributed by atoms with E-state index in [1.807, 2.05) is 43.3 Å². The van der Waals surface area contributed by atoms with Gasteiger partial charge in [-0.25, -0.2) is 4.68 Å². The summed E-state index contributed by atoms with van der Waals surface area (Å²) in [6.07, 6.45) is 3.31. The van der Waals surface area contributed by atoms with Crippen molar-refractivity contribution >= 4 is 17.4 Å². The van der Waals surface area contributed by atoms with Gasteiger partial charge in [0.15, 0.2) is 5.78 Å². The Labute approximate surface area is 127 Å². The van der Waals surface area contributed by atoms with E-state index in [9.17, 15) is 4.79 Å². The first-order chi connectivity index (χ1) is 10.1. The highest BCUT2D eigenvalue weighted by molar-refractivity contribution is 6.31. The minimum absolute atomic E-state index is 0.0721. The lowest BCUT2D eigenvalue weighted by atomic mass is 10.0. The van der Waals surface area contributed by atoms with E-state index in [1.54, 1.807) is 29.2 Å². The summed E-state index contributed by atoms with van der Waals surface area (Å²) in [6, 6.07) is 15.0. The van der Waals surface area contributed by atoms with E-state index in [0.29, 0.717) is 16.1 Å². The van der Waals surface area contributed by atoms with Crippen molar-refractivity contribution < 1.29 is 4.79 Å². The summed E-state index contributed by atoms with van der Waals surface area (Å²) < 4.78 is 1.69. The third kappa shape index (κ3) is 2.73. The molecule has 0 spiro atoms. The maximum Gasteiger partial charge on any atom is 0.196 e. The molecule has 1 heterocycles. The van der Waals surface area contributed by atoms with Crippen LogP contribution in [0.1, 0.15) is 21.5 Å². The van der Waals surface area contributed by atoms with Crippen molar-refractivity contribution in [2.24, 2.45) is 0 Å². The second-order valence-corrected chi connectivity index (χ2v) is 5.23. The van der Waals surface area contributed by atoms with Crippen LogP contribution in [0.4, 0.5) is 0 Å². The molecule has 3 rings (SSSR count). The Morgan fingerprint density at radius 1 is 1.14 bits per heavy atom.